The third-order valence-electron chi connectivity index (χ3n) is 3.02. The van der Waals surface area contributed by atoms with Crippen molar-refractivity contribution in [3.8, 4) is 0 Å². The molecule has 0 radical (unpaired) electrons. The van der Waals surface area contributed by atoms with Crippen LogP contribution < -0.4 is 10.7 Å². The van der Waals surface area contributed by atoms with Gasteiger partial charge in [-0.2, -0.15) is 5.10 Å². The summed E-state index contributed by atoms with van der Waals surface area (Å²) < 4.78 is 0.933. The molecular weight excluding hydrogens is 392 g/mol. The molecule has 0 saturated heterocycles. The van der Waals surface area contributed by atoms with Crippen molar-refractivity contribution in [2.75, 3.05) is 6.54 Å². The largest absolute Gasteiger partial charge is 0.343 e. The second-order valence-corrected chi connectivity index (χ2v) is 5.75. The molecule has 25 heavy (non-hydrogen) atoms. The first-order valence-electron chi connectivity index (χ1n) is 7.06. The maximum atomic E-state index is 11.9. The van der Waals surface area contributed by atoms with E-state index in [1.807, 2.05) is 24.3 Å². The van der Waals surface area contributed by atoms with Crippen LogP contribution in [0.1, 0.15) is 15.9 Å². The molecule has 0 fully saturated rings. The number of hydrazone groups is 1. The second kappa shape index (κ2) is 8.69. The van der Waals surface area contributed by atoms with Crippen molar-refractivity contribution in [1.29, 1.82) is 0 Å². The normalized spacial score (nSPS) is 10.4. The van der Waals surface area contributed by atoms with Gasteiger partial charge in [0, 0.05) is 22.2 Å². The summed E-state index contributed by atoms with van der Waals surface area (Å²) in [5.41, 5.74) is 3.20. The van der Waals surface area contributed by atoms with Crippen LogP contribution in [0.3, 0.4) is 0 Å². The number of rotatable bonds is 6. The molecule has 2 rings (SSSR count). The highest BCUT2D eigenvalue weighted by Crippen LogP contribution is 2.11. The third kappa shape index (κ3) is 5.81. The Hall–Kier alpha value is -3.07. The molecule has 128 valence electrons. The van der Waals surface area contributed by atoms with Crippen LogP contribution in [0.15, 0.2) is 58.1 Å². The van der Waals surface area contributed by atoms with Gasteiger partial charge in [0.05, 0.1) is 17.7 Å². The SMILES string of the molecule is O=C(CNC(=O)c1ccc([N+](=O)[O-])cc1)N/N=C\c1ccc(Br)cc1. The summed E-state index contributed by atoms with van der Waals surface area (Å²) in [5, 5.41) is 16.7. The number of hydrogen-bond acceptors (Lipinski definition) is 5. The summed E-state index contributed by atoms with van der Waals surface area (Å²) >= 11 is 3.31. The molecular formula is C16H13BrN4O4. The van der Waals surface area contributed by atoms with E-state index < -0.39 is 16.7 Å². The summed E-state index contributed by atoms with van der Waals surface area (Å²) in [5.74, 6) is -1.01. The predicted octanol–water partition coefficient (Wildman–Crippen LogP) is 2.24. The number of halogens is 1. The van der Waals surface area contributed by atoms with Crippen molar-refractivity contribution in [1.82, 2.24) is 10.7 Å². The van der Waals surface area contributed by atoms with Gasteiger partial charge in [0.2, 0.25) is 0 Å². The van der Waals surface area contributed by atoms with E-state index >= 15 is 0 Å². The molecule has 0 aliphatic heterocycles. The van der Waals surface area contributed by atoms with Gasteiger partial charge >= 0.3 is 0 Å². The highest BCUT2D eigenvalue weighted by molar-refractivity contribution is 9.10. The zero-order chi connectivity index (χ0) is 18.2. The minimum Gasteiger partial charge on any atom is -0.343 e. The lowest BCUT2D eigenvalue weighted by atomic mass is 10.2. The van der Waals surface area contributed by atoms with Gasteiger partial charge < -0.3 is 5.32 Å². The second-order valence-electron chi connectivity index (χ2n) is 4.83. The Labute approximate surface area is 151 Å². The Balaban J connectivity index is 1.79. The van der Waals surface area contributed by atoms with E-state index in [9.17, 15) is 19.7 Å². The lowest BCUT2D eigenvalue weighted by molar-refractivity contribution is -0.384. The Morgan fingerprint density at radius 2 is 1.76 bits per heavy atom. The molecule has 0 saturated carbocycles. The topological polar surface area (TPSA) is 114 Å². The fourth-order valence-electron chi connectivity index (χ4n) is 1.76. The van der Waals surface area contributed by atoms with E-state index in [0.29, 0.717) is 0 Å². The standard InChI is InChI=1S/C16H13BrN4O4/c17-13-5-1-11(2-6-13)9-19-20-15(22)10-18-16(23)12-3-7-14(8-4-12)21(24)25/h1-9H,10H2,(H,18,23)(H,20,22)/b19-9-. The molecule has 0 aliphatic rings. The van der Waals surface area contributed by atoms with E-state index in [2.05, 4.69) is 31.8 Å². The molecule has 0 aromatic heterocycles. The van der Waals surface area contributed by atoms with Crippen molar-refractivity contribution in [2.24, 2.45) is 5.10 Å². The first kappa shape index (κ1) is 18.3. The van der Waals surface area contributed by atoms with Crippen LogP contribution in [0.5, 0.6) is 0 Å². The van der Waals surface area contributed by atoms with Crippen molar-refractivity contribution in [3.63, 3.8) is 0 Å². The summed E-state index contributed by atoms with van der Waals surface area (Å²) in [4.78, 5) is 33.5. The van der Waals surface area contributed by atoms with Gasteiger partial charge in [0.25, 0.3) is 17.5 Å². The Morgan fingerprint density at radius 1 is 1.12 bits per heavy atom. The van der Waals surface area contributed by atoms with Gasteiger partial charge in [0.15, 0.2) is 0 Å². The van der Waals surface area contributed by atoms with Gasteiger partial charge in [-0.25, -0.2) is 5.43 Å². The van der Waals surface area contributed by atoms with Gasteiger partial charge in [-0.1, -0.05) is 28.1 Å². The highest BCUT2D eigenvalue weighted by atomic mass is 79.9. The number of carbonyl (C=O) groups is 2. The maximum absolute atomic E-state index is 11.9. The maximum Gasteiger partial charge on any atom is 0.269 e. The van der Waals surface area contributed by atoms with Crippen LogP contribution in [0, 0.1) is 10.1 Å². The van der Waals surface area contributed by atoms with Crippen molar-refractivity contribution < 1.29 is 14.5 Å². The molecule has 0 aliphatic carbocycles. The highest BCUT2D eigenvalue weighted by Gasteiger charge is 2.10. The summed E-state index contributed by atoms with van der Waals surface area (Å²) in [6.07, 6.45) is 1.47. The van der Waals surface area contributed by atoms with Crippen LogP contribution >= 0.6 is 15.9 Å². The Kier molecular flexibility index (Phi) is 6.35. The first-order chi connectivity index (χ1) is 12.0. The predicted molar refractivity (Wildman–Crippen MR) is 95.3 cm³/mol. The van der Waals surface area contributed by atoms with Crippen LogP contribution in [0.2, 0.25) is 0 Å². The minimum absolute atomic E-state index is 0.114. The average molecular weight is 405 g/mol. The molecule has 2 aromatic carbocycles. The zero-order valence-corrected chi connectivity index (χ0v) is 14.4. The molecule has 0 bridgehead atoms. The van der Waals surface area contributed by atoms with Crippen molar-refractivity contribution in [3.05, 3.63) is 74.2 Å². The number of hydrogen-bond donors (Lipinski definition) is 2. The number of non-ortho nitro benzene ring substituents is 1. The Bertz CT molecular complexity index is 804. The van der Waals surface area contributed by atoms with Crippen LogP contribution in [-0.4, -0.2) is 29.5 Å². The van der Waals surface area contributed by atoms with E-state index in [-0.39, 0.29) is 17.8 Å². The van der Waals surface area contributed by atoms with Crippen LogP contribution in [-0.2, 0) is 4.79 Å². The molecule has 2 aromatic rings. The molecule has 2 amide bonds. The summed E-state index contributed by atoms with van der Waals surface area (Å²) in [6, 6.07) is 12.4. The lowest BCUT2D eigenvalue weighted by Crippen LogP contribution is -2.34. The van der Waals surface area contributed by atoms with E-state index in [4.69, 9.17) is 0 Å². The fraction of sp³-hybridized carbons (Fsp3) is 0.0625. The molecule has 0 atom stereocenters. The average Bonchev–Trinajstić information content (AvgIpc) is 2.61. The molecule has 9 heteroatoms. The number of carbonyl (C=O) groups excluding carboxylic acids is 2. The van der Waals surface area contributed by atoms with Gasteiger partial charge in [-0.3, -0.25) is 19.7 Å². The van der Waals surface area contributed by atoms with Crippen LogP contribution in [0.4, 0.5) is 5.69 Å². The van der Waals surface area contributed by atoms with E-state index in [1.54, 1.807) is 0 Å². The summed E-state index contributed by atoms with van der Waals surface area (Å²) in [6.45, 7) is -0.270. The number of nitro benzene ring substituents is 1. The lowest BCUT2D eigenvalue weighted by Gasteiger charge is -2.04. The molecule has 2 N–H and O–H groups in total. The minimum atomic E-state index is -0.557. The van der Waals surface area contributed by atoms with E-state index in [0.717, 1.165) is 10.0 Å². The zero-order valence-electron chi connectivity index (χ0n) is 12.8. The molecule has 0 heterocycles. The first-order valence-corrected chi connectivity index (χ1v) is 7.85. The van der Waals surface area contributed by atoms with Crippen molar-refractivity contribution in [2.45, 2.75) is 0 Å². The van der Waals surface area contributed by atoms with Crippen LogP contribution in [0.25, 0.3) is 0 Å². The third-order valence-corrected chi connectivity index (χ3v) is 3.55. The monoisotopic (exact) mass is 404 g/mol. The molecule has 0 spiro atoms. The smallest absolute Gasteiger partial charge is 0.269 e. The van der Waals surface area contributed by atoms with Gasteiger partial charge in [0.1, 0.15) is 0 Å². The van der Waals surface area contributed by atoms with Gasteiger partial charge in [-0.05, 0) is 29.8 Å². The molecule has 0 unspecified atom stereocenters. The number of benzene rings is 2. The van der Waals surface area contributed by atoms with E-state index in [1.165, 1.54) is 30.5 Å². The number of nitro groups is 1. The fourth-order valence-corrected chi connectivity index (χ4v) is 2.03. The number of amides is 2. The summed E-state index contributed by atoms with van der Waals surface area (Å²) in [7, 11) is 0. The number of nitrogens with one attached hydrogen (secondary N) is 2. The van der Waals surface area contributed by atoms with Crippen molar-refractivity contribution >= 4 is 39.6 Å². The molecule has 8 nitrogen and oxygen atoms in total. The Morgan fingerprint density at radius 3 is 2.36 bits per heavy atom. The quantitative estimate of drug-likeness (QED) is 0.436. The number of nitrogens with zero attached hydrogens (tertiary/aromatic N) is 2. The van der Waals surface area contributed by atoms with Gasteiger partial charge in [-0.15, -0.1) is 0 Å².